The summed E-state index contributed by atoms with van der Waals surface area (Å²) in [6.07, 6.45) is 2.42. The van der Waals surface area contributed by atoms with Crippen molar-refractivity contribution >= 4 is 22.5 Å². The number of nitriles is 1. The number of rotatable bonds is 7. The average molecular weight is 465 g/mol. The molecule has 0 saturated carbocycles. The van der Waals surface area contributed by atoms with Crippen molar-refractivity contribution in [3.63, 3.8) is 0 Å². The molecule has 5 rings (SSSR count). The van der Waals surface area contributed by atoms with Gasteiger partial charge < -0.3 is 4.98 Å². The number of hydrogen-bond donors (Lipinski definition) is 1. The van der Waals surface area contributed by atoms with Crippen molar-refractivity contribution in [1.29, 1.82) is 5.26 Å². The fraction of sp³-hybridized carbons (Fsp3) is 0.115. The van der Waals surface area contributed by atoms with Gasteiger partial charge in [-0.1, -0.05) is 77.6 Å². The lowest BCUT2D eigenvalue weighted by molar-refractivity contribution is 0.648. The number of fused-ring (bicyclic) bond motifs is 1. The molecule has 0 unspecified atom stereocenters. The molecule has 0 bridgehead atoms. The predicted octanol–water partition coefficient (Wildman–Crippen LogP) is 4.32. The lowest BCUT2D eigenvalue weighted by Gasteiger charge is -2.07. The summed E-state index contributed by atoms with van der Waals surface area (Å²) < 4.78 is 1.71. The number of H-pyrrole nitrogens is 1. The van der Waals surface area contributed by atoms with E-state index in [1.807, 2.05) is 42.6 Å². The maximum absolute atomic E-state index is 12.3. The highest BCUT2D eigenvalue weighted by molar-refractivity contribution is 7.98. The Morgan fingerprint density at radius 3 is 2.68 bits per heavy atom. The molecule has 0 aliphatic carbocycles. The van der Waals surface area contributed by atoms with E-state index >= 15 is 0 Å². The maximum atomic E-state index is 12.3. The fourth-order valence-corrected chi connectivity index (χ4v) is 4.62. The van der Waals surface area contributed by atoms with E-state index in [2.05, 4.69) is 50.6 Å². The van der Waals surface area contributed by atoms with Gasteiger partial charge in [-0.05, 0) is 28.0 Å². The molecule has 2 heterocycles. The van der Waals surface area contributed by atoms with E-state index in [1.165, 1.54) is 17.1 Å². The van der Waals surface area contributed by atoms with E-state index in [4.69, 9.17) is 0 Å². The Morgan fingerprint density at radius 1 is 0.971 bits per heavy atom. The van der Waals surface area contributed by atoms with Crippen molar-refractivity contribution in [2.75, 3.05) is 0 Å². The van der Waals surface area contributed by atoms with Crippen LogP contribution in [0.1, 0.15) is 28.1 Å². The van der Waals surface area contributed by atoms with E-state index in [9.17, 15) is 10.1 Å². The van der Waals surface area contributed by atoms with Crippen LogP contribution in [0.4, 0.5) is 0 Å². The third-order valence-electron chi connectivity index (χ3n) is 5.44. The first-order valence-corrected chi connectivity index (χ1v) is 11.7. The Morgan fingerprint density at radius 2 is 1.76 bits per heavy atom. The zero-order chi connectivity index (χ0) is 23.3. The quantitative estimate of drug-likeness (QED) is 0.284. The van der Waals surface area contributed by atoms with E-state index < -0.39 is 0 Å². The monoisotopic (exact) mass is 464 g/mol. The maximum Gasteiger partial charge on any atom is 0.251 e. The normalized spacial score (nSPS) is 10.9. The number of nitrogens with one attached hydrogen (secondary N) is 1. The summed E-state index contributed by atoms with van der Waals surface area (Å²) in [5, 5.41) is 20.5. The van der Waals surface area contributed by atoms with Crippen LogP contribution in [0.25, 0.3) is 10.8 Å². The van der Waals surface area contributed by atoms with Gasteiger partial charge in [-0.15, -0.1) is 5.10 Å². The molecular weight excluding hydrogens is 444 g/mol. The summed E-state index contributed by atoms with van der Waals surface area (Å²) in [4.78, 5) is 19.7. The van der Waals surface area contributed by atoms with Gasteiger partial charge in [-0.2, -0.15) is 5.26 Å². The molecule has 1 N–H and O–H groups in total. The molecule has 0 radical (unpaired) electrons. The van der Waals surface area contributed by atoms with Crippen molar-refractivity contribution in [3.05, 3.63) is 117 Å². The first kappa shape index (κ1) is 21.6. The molecule has 2 aromatic heterocycles. The van der Waals surface area contributed by atoms with Crippen LogP contribution in [-0.2, 0) is 18.7 Å². The summed E-state index contributed by atoms with van der Waals surface area (Å²) in [6, 6.07) is 25.6. The van der Waals surface area contributed by atoms with Gasteiger partial charge in [0, 0.05) is 24.4 Å². The molecule has 5 aromatic rings. The second-order valence-corrected chi connectivity index (χ2v) is 8.79. The second-order valence-electron chi connectivity index (χ2n) is 7.82. The minimum absolute atomic E-state index is 0.176. The molecule has 34 heavy (non-hydrogen) atoms. The van der Waals surface area contributed by atoms with Crippen LogP contribution in [0.15, 0.2) is 88.9 Å². The fourth-order valence-electron chi connectivity index (χ4n) is 3.85. The van der Waals surface area contributed by atoms with Gasteiger partial charge >= 0.3 is 0 Å². The van der Waals surface area contributed by atoms with E-state index in [0.29, 0.717) is 29.4 Å². The van der Waals surface area contributed by atoms with Crippen LogP contribution in [0.5, 0.6) is 0 Å². The van der Waals surface area contributed by atoms with Gasteiger partial charge in [0.15, 0.2) is 5.16 Å². The Kier molecular flexibility index (Phi) is 6.19. The molecule has 0 aliphatic rings. The Labute approximate surface area is 200 Å². The van der Waals surface area contributed by atoms with Crippen LogP contribution < -0.4 is 5.56 Å². The third kappa shape index (κ3) is 4.90. The highest BCUT2D eigenvalue weighted by Crippen LogP contribution is 2.22. The number of hydrogen-bond acceptors (Lipinski definition) is 6. The first-order chi connectivity index (χ1) is 16.7. The molecule has 166 valence electrons. The highest BCUT2D eigenvalue weighted by Gasteiger charge is 2.09. The van der Waals surface area contributed by atoms with Crippen molar-refractivity contribution in [1.82, 2.24) is 25.0 Å². The number of benzene rings is 3. The summed E-state index contributed by atoms with van der Waals surface area (Å²) in [5.74, 6) is 0.514. The molecule has 0 atom stereocenters. The van der Waals surface area contributed by atoms with E-state index in [1.54, 1.807) is 16.8 Å². The molecule has 0 amide bonds. The average Bonchev–Trinajstić information content (AvgIpc) is 3.30. The molecular formula is C26H20N6OS. The number of thioether (sulfide) groups is 1. The lowest BCUT2D eigenvalue weighted by atomic mass is 10.0. The molecule has 7 nitrogen and oxygen atoms in total. The van der Waals surface area contributed by atoms with Gasteiger partial charge in [0.1, 0.15) is 0 Å². The molecule has 3 aromatic carbocycles. The van der Waals surface area contributed by atoms with Gasteiger partial charge in [0.05, 0.1) is 29.6 Å². The van der Waals surface area contributed by atoms with Crippen molar-refractivity contribution < 1.29 is 0 Å². The molecule has 0 fully saturated rings. The summed E-state index contributed by atoms with van der Waals surface area (Å²) in [7, 11) is 0. The summed E-state index contributed by atoms with van der Waals surface area (Å²) >= 11 is 1.41. The van der Waals surface area contributed by atoms with Gasteiger partial charge in [-0.3, -0.25) is 4.79 Å². The van der Waals surface area contributed by atoms with Crippen molar-refractivity contribution in [2.45, 2.75) is 23.9 Å². The molecule has 0 spiro atoms. The summed E-state index contributed by atoms with van der Waals surface area (Å²) in [6.45, 7) is 0.469. The lowest BCUT2D eigenvalue weighted by Crippen LogP contribution is -2.10. The number of nitrogens with zero attached hydrogens (tertiary/aromatic N) is 5. The Bertz CT molecular complexity index is 1560. The standard InChI is InChI=1S/C26H20N6OS/c27-14-20-7-1-2-8-21(20)15-32-16-23(30-31-32)17-34-26-28-22(13-25(33)29-26)12-19-10-5-9-18-6-3-4-11-24(18)19/h1-11,13,16H,12,15,17H2,(H,28,29,33). The second kappa shape index (κ2) is 9.73. The first-order valence-electron chi connectivity index (χ1n) is 10.7. The SMILES string of the molecule is N#Cc1ccccc1Cn1cc(CSc2nc(Cc3cccc4ccccc34)cc(=O)[nH]2)nn1. The minimum atomic E-state index is -0.176. The van der Waals surface area contributed by atoms with Gasteiger partial charge in [0.2, 0.25) is 0 Å². The highest BCUT2D eigenvalue weighted by atomic mass is 32.2. The van der Waals surface area contributed by atoms with Gasteiger partial charge in [0.25, 0.3) is 5.56 Å². The summed E-state index contributed by atoms with van der Waals surface area (Å²) in [5.41, 5.74) is 3.96. The molecule has 0 aliphatic heterocycles. The molecule has 0 saturated heterocycles. The topological polar surface area (TPSA) is 100 Å². The van der Waals surface area contributed by atoms with Gasteiger partial charge in [-0.25, -0.2) is 9.67 Å². The van der Waals surface area contributed by atoms with Crippen LogP contribution >= 0.6 is 11.8 Å². The Hall–Kier alpha value is -4.22. The predicted molar refractivity (Wildman–Crippen MR) is 131 cm³/mol. The van der Waals surface area contributed by atoms with Crippen LogP contribution in [-0.4, -0.2) is 25.0 Å². The van der Waals surface area contributed by atoms with Crippen molar-refractivity contribution in [2.24, 2.45) is 0 Å². The van der Waals surface area contributed by atoms with Crippen LogP contribution in [0.2, 0.25) is 0 Å². The Balaban J connectivity index is 1.29. The van der Waals surface area contributed by atoms with Crippen LogP contribution in [0, 0.1) is 11.3 Å². The van der Waals surface area contributed by atoms with Crippen molar-refractivity contribution in [3.8, 4) is 6.07 Å². The van der Waals surface area contributed by atoms with Crippen LogP contribution in [0.3, 0.4) is 0 Å². The zero-order valence-electron chi connectivity index (χ0n) is 18.2. The number of aromatic amines is 1. The van der Waals surface area contributed by atoms with E-state index in [-0.39, 0.29) is 5.56 Å². The molecule has 8 heteroatoms. The largest absolute Gasteiger partial charge is 0.301 e. The van der Waals surface area contributed by atoms with E-state index in [0.717, 1.165) is 27.9 Å². The zero-order valence-corrected chi connectivity index (χ0v) is 19.0. The number of aromatic nitrogens is 5. The smallest absolute Gasteiger partial charge is 0.251 e. The third-order valence-corrected chi connectivity index (χ3v) is 6.34. The minimum Gasteiger partial charge on any atom is -0.301 e.